The molecule has 0 spiro atoms. The summed E-state index contributed by atoms with van der Waals surface area (Å²) in [7, 11) is 0. The van der Waals surface area contributed by atoms with Gasteiger partial charge < -0.3 is 15.2 Å². The summed E-state index contributed by atoms with van der Waals surface area (Å²) in [4.78, 5) is 12.1. The third-order valence-corrected chi connectivity index (χ3v) is 3.65. The van der Waals surface area contributed by atoms with E-state index in [0.29, 0.717) is 15.6 Å². The highest BCUT2D eigenvalue weighted by atomic mass is 35.5. The molecule has 7 heteroatoms. The number of carbonyl (C=O) groups excluding carboxylic acids is 1. The zero-order valence-corrected chi connectivity index (χ0v) is 13.1. The van der Waals surface area contributed by atoms with Gasteiger partial charge in [-0.1, -0.05) is 29.3 Å². The molecule has 5 nitrogen and oxygen atoms in total. The van der Waals surface area contributed by atoms with Gasteiger partial charge in [0.15, 0.2) is 0 Å². The lowest BCUT2D eigenvalue weighted by molar-refractivity contribution is -0.139. The fourth-order valence-electron chi connectivity index (χ4n) is 2.11. The Hall–Kier alpha value is -2.16. The normalized spacial score (nSPS) is 17.4. The molecule has 1 atom stereocenters. The minimum Gasteiger partial charge on any atom is -0.463 e. The van der Waals surface area contributed by atoms with Crippen LogP contribution in [0.3, 0.4) is 0 Å². The number of hydrogen-bond donors (Lipinski definition) is 1. The molecule has 0 saturated heterocycles. The van der Waals surface area contributed by atoms with Crippen molar-refractivity contribution in [3.8, 4) is 6.07 Å². The molecule has 0 amide bonds. The van der Waals surface area contributed by atoms with Gasteiger partial charge in [-0.15, -0.1) is 0 Å². The van der Waals surface area contributed by atoms with E-state index in [4.69, 9.17) is 38.4 Å². The lowest BCUT2D eigenvalue weighted by Crippen LogP contribution is -2.23. The lowest BCUT2D eigenvalue weighted by atomic mass is 9.84. The minimum absolute atomic E-state index is 0.0773. The Balaban J connectivity index is 2.57. The Bertz CT molecular complexity index is 720. The number of carbonyl (C=O) groups is 1. The molecule has 22 heavy (non-hydrogen) atoms. The van der Waals surface area contributed by atoms with E-state index in [1.54, 1.807) is 19.1 Å². The summed E-state index contributed by atoms with van der Waals surface area (Å²) in [5, 5.41) is 10.1. The number of rotatable bonds is 3. The maximum absolute atomic E-state index is 12.1. The minimum atomic E-state index is -0.762. The number of esters is 1. The Morgan fingerprint density at radius 2 is 2.23 bits per heavy atom. The van der Waals surface area contributed by atoms with Crippen molar-refractivity contribution in [3.63, 3.8) is 0 Å². The highest BCUT2D eigenvalue weighted by Crippen LogP contribution is 2.40. The zero-order valence-electron chi connectivity index (χ0n) is 11.6. The number of halogens is 2. The number of allylic oxidation sites excluding steroid dienone is 1. The van der Waals surface area contributed by atoms with E-state index in [0.717, 1.165) is 0 Å². The van der Waals surface area contributed by atoms with E-state index in [1.165, 1.54) is 12.3 Å². The Morgan fingerprint density at radius 3 is 2.82 bits per heavy atom. The van der Waals surface area contributed by atoms with E-state index >= 15 is 0 Å². The van der Waals surface area contributed by atoms with E-state index in [-0.39, 0.29) is 23.6 Å². The van der Waals surface area contributed by atoms with Crippen molar-refractivity contribution < 1.29 is 14.3 Å². The molecule has 114 valence electrons. The van der Waals surface area contributed by atoms with Crippen molar-refractivity contribution in [1.29, 1.82) is 5.26 Å². The molecule has 1 aliphatic rings. The smallest absolute Gasteiger partial charge is 0.338 e. The van der Waals surface area contributed by atoms with Gasteiger partial charge in [-0.25, -0.2) is 4.79 Å². The number of benzene rings is 1. The largest absolute Gasteiger partial charge is 0.463 e. The van der Waals surface area contributed by atoms with Gasteiger partial charge in [0.05, 0.1) is 18.1 Å². The molecule has 2 N–H and O–H groups in total. The standard InChI is InChI=1S/C15H12Cl2N2O3/c1-2-21-15(20)11-7-22-14(19)10(6-18)13(11)9-4-3-8(16)5-12(9)17/h3-5,7,13H,2,19H2,1H3/t13-/m0/s1. The quantitative estimate of drug-likeness (QED) is 0.855. The monoisotopic (exact) mass is 338 g/mol. The van der Waals surface area contributed by atoms with Gasteiger partial charge in [0.1, 0.15) is 17.9 Å². The number of nitrogens with two attached hydrogens (primary N) is 1. The third kappa shape index (κ3) is 3.03. The van der Waals surface area contributed by atoms with E-state index in [1.807, 2.05) is 6.07 Å². The van der Waals surface area contributed by atoms with Crippen molar-refractivity contribution in [2.75, 3.05) is 6.61 Å². The van der Waals surface area contributed by atoms with Crippen LogP contribution in [-0.4, -0.2) is 12.6 Å². The molecule has 0 aliphatic carbocycles. The van der Waals surface area contributed by atoms with E-state index in [9.17, 15) is 10.1 Å². The van der Waals surface area contributed by atoms with Gasteiger partial charge in [-0.3, -0.25) is 0 Å². The fraction of sp³-hybridized carbons (Fsp3) is 0.200. The van der Waals surface area contributed by atoms with Gasteiger partial charge in [0, 0.05) is 10.0 Å². The third-order valence-electron chi connectivity index (χ3n) is 3.08. The van der Waals surface area contributed by atoms with Crippen molar-refractivity contribution in [1.82, 2.24) is 0 Å². The maximum Gasteiger partial charge on any atom is 0.338 e. The summed E-state index contributed by atoms with van der Waals surface area (Å²) in [5.41, 5.74) is 6.47. The molecule has 1 aliphatic heterocycles. The molecule has 2 rings (SSSR count). The molecule has 0 aromatic heterocycles. The summed E-state index contributed by atoms with van der Waals surface area (Å²) < 4.78 is 10.1. The SMILES string of the molecule is CCOC(=O)C1=COC(N)=C(C#N)[C@@H]1c1ccc(Cl)cc1Cl. The second kappa shape index (κ2) is 6.73. The maximum atomic E-state index is 12.1. The first-order chi connectivity index (χ1) is 10.5. The molecule has 1 aromatic carbocycles. The zero-order chi connectivity index (χ0) is 16.3. The molecule has 0 fully saturated rings. The summed E-state index contributed by atoms with van der Waals surface area (Å²) in [6.45, 7) is 1.88. The highest BCUT2D eigenvalue weighted by molar-refractivity contribution is 6.35. The summed E-state index contributed by atoms with van der Waals surface area (Å²) in [6.07, 6.45) is 1.18. The van der Waals surface area contributed by atoms with Crippen LogP contribution in [0.5, 0.6) is 0 Å². The van der Waals surface area contributed by atoms with Gasteiger partial charge in [0.2, 0.25) is 5.88 Å². The first kappa shape index (κ1) is 16.2. The van der Waals surface area contributed by atoms with Crippen LogP contribution >= 0.6 is 23.2 Å². The molecular formula is C15H12Cl2N2O3. The van der Waals surface area contributed by atoms with Gasteiger partial charge in [-0.05, 0) is 24.6 Å². The fourth-order valence-corrected chi connectivity index (χ4v) is 2.63. The van der Waals surface area contributed by atoms with Crippen LogP contribution in [0, 0.1) is 11.3 Å². The number of nitriles is 1. The van der Waals surface area contributed by atoms with Crippen LogP contribution in [0.15, 0.2) is 41.5 Å². The first-order valence-corrected chi connectivity index (χ1v) is 7.13. The van der Waals surface area contributed by atoms with Gasteiger partial charge in [0.25, 0.3) is 0 Å². The molecule has 1 heterocycles. The topological polar surface area (TPSA) is 85.3 Å². The highest BCUT2D eigenvalue weighted by Gasteiger charge is 2.34. The summed E-state index contributed by atoms with van der Waals surface area (Å²) >= 11 is 12.1. The second-order valence-electron chi connectivity index (χ2n) is 4.40. The average Bonchev–Trinajstić information content (AvgIpc) is 2.47. The van der Waals surface area contributed by atoms with Crippen molar-refractivity contribution in [3.05, 3.63) is 57.1 Å². The van der Waals surface area contributed by atoms with Crippen LogP contribution in [-0.2, 0) is 14.3 Å². The number of nitrogens with zero attached hydrogens (tertiary/aromatic N) is 1. The lowest BCUT2D eigenvalue weighted by Gasteiger charge is -2.24. The van der Waals surface area contributed by atoms with Gasteiger partial charge in [-0.2, -0.15) is 5.26 Å². The van der Waals surface area contributed by atoms with Crippen LogP contribution < -0.4 is 5.73 Å². The molecule has 0 radical (unpaired) electrons. The Kier molecular flexibility index (Phi) is 4.96. The number of ether oxygens (including phenoxy) is 2. The van der Waals surface area contributed by atoms with Crippen LogP contribution in [0.4, 0.5) is 0 Å². The van der Waals surface area contributed by atoms with Crippen LogP contribution in [0.1, 0.15) is 18.4 Å². The molecule has 0 unspecified atom stereocenters. The summed E-state index contributed by atoms with van der Waals surface area (Å²) in [5.74, 6) is -1.44. The summed E-state index contributed by atoms with van der Waals surface area (Å²) in [6, 6.07) is 6.74. The van der Waals surface area contributed by atoms with E-state index in [2.05, 4.69) is 0 Å². The average molecular weight is 339 g/mol. The van der Waals surface area contributed by atoms with Crippen LogP contribution in [0.2, 0.25) is 10.0 Å². The van der Waals surface area contributed by atoms with Crippen molar-refractivity contribution in [2.45, 2.75) is 12.8 Å². The van der Waals surface area contributed by atoms with Crippen molar-refractivity contribution in [2.24, 2.45) is 5.73 Å². The van der Waals surface area contributed by atoms with Crippen LogP contribution in [0.25, 0.3) is 0 Å². The molecule has 1 aromatic rings. The molecular weight excluding hydrogens is 327 g/mol. The Morgan fingerprint density at radius 1 is 1.50 bits per heavy atom. The number of hydrogen-bond acceptors (Lipinski definition) is 5. The molecule has 0 bridgehead atoms. The van der Waals surface area contributed by atoms with E-state index < -0.39 is 11.9 Å². The first-order valence-electron chi connectivity index (χ1n) is 6.38. The molecule has 0 saturated carbocycles. The van der Waals surface area contributed by atoms with Crippen molar-refractivity contribution >= 4 is 29.2 Å². The predicted octanol–water partition coefficient (Wildman–Crippen LogP) is 3.25. The van der Waals surface area contributed by atoms with Gasteiger partial charge >= 0.3 is 5.97 Å². The Labute approximate surface area is 137 Å². The second-order valence-corrected chi connectivity index (χ2v) is 5.24. The predicted molar refractivity (Wildman–Crippen MR) is 81.8 cm³/mol.